The van der Waals surface area contributed by atoms with E-state index in [-0.39, 0.29) is 0 Å². The first kappa shape index (κ1) is 12.4. The van der Waals surface area contributed by atoms with E-state index in [2.05, 4.69) is 21.4 Å². The number of aromatic nitrogens is 2. The molecule has 0 radical (unpaired) electrons. The van der Waals surface area contributed by atoms with Crippen molar-refractivity contribution >= 4 is 17.4 Å². The minimum absolute atomic E-state index is 0.487. The van der Waals surface area contributed by atoms with Crippen LogP contribution < -0.4 is 4.90 Å². The highest BCUT2D eigenvalue weighted by Gasteiger charge is 2.25. The predicted molar refractivity (Wildman–Crippen MR) is 71.5 cm³/mol. The molecule has 0 unspecified atom stereocenters. The summed E-state index contributed by atoms with van der Waals surface area (Å²) in [5.74, 6) is 0.795. The van der Waals surface area contributed by atoms with Crippen LogP contribution >= 0.6 is 11.6 Å². The summed E-state index contributed by atoms with van der Waals surface area (Å²) in [4.78, 5) is 10.7. The molecule has 0 spiro atoms. The van der Waals surface area contributed by atoms with Gasteiger partial charge < -0.3 is 4.90 Å². The van der Waals surface area contributed by atoms with Gasteiger partial charge >= 0.3 is 0 Å². The van der Waals surface area contributed by atoms with Crippen molar-refractivity contribution in [1.29, 1.82) is 0 Å². The summed E-state index contributed by atoms with van der Waals surface area (Å²) in [7, 11) is 0. The van der Waals surface area contributed by atoms with E-state index < -0.39 is 0 Å². The number of anilines is 1. The first-order chi connectivity index (χ1) is 8.18. The van der Waals surface area contributed by atoms with Crippen LogP contribution in [0.1, 0.15) is 32.6 Å². The topological polar surface area (TPSA) is 29.0 Å². The molecular formula is C13H18ClN3. The molecule has 92 valence electrons. The fourth-order valence-electron chi connectivity index (χ4n) is 2.39. The first-order valence-corrected chi connectivity index (χ1v) is 6.44. The van der Waals surface area contributed by atoms with Crippen LogP contribution in [0.5, 0.6) is 0 Å². The standard InChI is InChI=1S/C13H18ClN3/c1-10(2)9-17(11-5-3-4-6-11)13-12(14)15-7-8-16-13/h7-8,11H,1,3-6,9H2,2H3. The molecule has 0 aliphatic heterocycles. The van der Waals surface area contributed by atoms with Gasteiger partial charge in [-0.3, -0.25) is 0 Å². The molecule has 2 rings (SSSR count). The Balaban J connectivity index is 2.25. The second kappa shape index (κ2) is 5.50. The summed E-state index contributed by atoms with van der Waals surface area (Å²) in [6.07, 6.45) is 8.31. The summed E-state index contributed by atoms with van der Waals surface area (Å²) in [6, 6.07) is 0.529. The van der Waals surface area contributed by atoms with Gasteiger partial charge in [-0.1, -0.05) is 36.6 Å². The molecule has 3 nitrogen and oxygen atoms in total. The molecule has 0 amide bonds. The molecule has 0 bridgehead atoms. The lowest BCUT2D eigenvalue weighted by molar-refractivity contribution is 0.618. The fourth-order valence-corrected chi connectivity index (χ4v) is 2.60. The maximum Gasteiger partial charge on any atom is 0.171 e. The average molecular weight is 252 g/mol. The van der Waals surface area contributed by atoms with E-state index in [4.69, 9.17) is 11.6 Å². The number of nitrogens with zero attached hydrogens (tertiary/aromatic N) is 3. The summed E-state index contributed by atoms with van der Waals surface area (Å²) < 4.78 is 0. The zero-order valence-corrected chi connectivity index (χ0v) is 11.0. The number of hydrogen-bond donors (Lipinski definition) is 0. The van der Waals surface area contributed by atoms with E-state index in [0.717, 1.165) is 17.9 Å². The van der Waals surface area contributed by atoms with E-state index in [1.807, 2.05) is 6.92 Å². The number of halogens is 1. The Morgan fingerprint density at radius 1 is 1.41 bits per heavy atom. The Morgan fingerprint density at radius 3 is 2.65 bits per heavy atom. The third-order valence-corrected chi connectivity index (χ3v) is 3.38. The Morgan fingerprint density at radius 2 is 2.06 bits per heavy atom. The van der Waals surface area contributed by atoms with Gasteiger partial charge in [0.15, 0.2) is 11.0 Å². The van der Waals surface area contributed by atoms with E-state index in [1.165, 1.54) is 25.7 Å². The van der Waals surface area contributed by atoms with Crippen LogP contribution in [0.15, 0.2) is 24.5 Å². The summed E-state index contributed by atoms with van der Waals surface area (Å²) in [5.41, 5.74) is 1.12. The monoisotopic (exact) mass is 251 g/mol. The van der Waals surface area contributed by atoms with Gasteiger partial charge in [0, 0.05) is 25.0 Å². The van der Waals surface area contributed by atoms with Gasteiger partial charge in [-0.25, -0.2) is 9.97 Å². The lowest BCUT2D eigenvalue weighted by Crippen LogP contribution is -2.35. The zero-order chi connectivity index (χ0) is 12.3. The predicted octanol–water partition coefficient (Wildman–Crippen LogP) is 3.46. The summed E-state index contributed by atoms with van der Waals surface area (Å²) >= 11 is 6.14. The largest absolute Gasteiger partial charge is 0.347 e. The van der Waals surface area contributed by atoms with E-state index in [1.54, 1.807) is 12.4 Å². The molecule has 1 aliphatic carbocycles. The molecule has 0 atom stereocenters. The van der Waals surface area contributed by atoms with Crippen LogP contribution in [-0.4, -0.2) is 22.6 Å². The van der Waals surface area contributed by atoms with Crippen LogP contribution in [0.3, 0.4) is 0 Å². The highest BCUT2D eigenvalue weighted by Crippen LogP contribution is 2.30. The minimum atomic E-state index is 0.487. The second-order valence-electron chi connectivity index (χ2n) is 4.69. The van der Waals surface area contributed by atoms with Gasteiger partial charge in [-0.15, -0.1) is 0 Å². The number of rotatable bonds is 4. The van der Waals surface area contributed by atoms with Crippen LogP contribution in [0.25, 0.3) is 0 Å². The summed E-state index contributed by atoms with van der Waals surface area (Å²) in [5, 5.41) is 0.487. The lowest BCUT2D eigenvalue weighted by atomic mass is 10.2. The van der Waals surface area contributed by atoms with Crippen molar-refractivity contribution in [3.63, 3.8) is 0 Å². The van der Waals surface area contributed by atoms with E-state index in [9.17, 15) is 0 Å². The molecule has 1 heterocycles. The Hall–Kier alpha value is -1.09. The highest BCUT2D eigenvalue weighted by atomic mass is 35.5. The summed E-state index contributed by atoms with van der Waals surface area (Å²) in [6.45, 7) is 6.83. The average Bonchev–Trinajstić information content (AvgIpc) is 2.80. The maximum absolute atomic E-state index is 6.14. The molecule has 0 aromatic carbocycles. The van der Waals surface area contributed by atoms with Crippen molar-refractivity contribution in [2.75, 3.05) is 11.4 Å². The molecule has 0 saturated heterocycles. The zero-order valence-electron chi connectivity index (χ0n) is 10.2. The Kier molecular flexibility index (Phi) is 4.00. The maximum atomic E-state index is 6.14. The molecular weight excluding hydrogens is 234 g/mol. The van der Waals surface area contributed by atoms with Crippen molar-refractivity contribution in [3.05, 3.63) is 29.7 Å². The van der Waals surface area contributed by atoms with Crippen LogP contribution in [-0.2, 0) is 0 Å². The van der Waals surface area contributed by atoms with Crippen LogP contribution in [0, 0.1) is 0 Å². The van der Waals surface area contributed by atoms with Crippen molar-refractivity contribution in [3.8, 4) is 0 Å². The van der Waals surface area contributed by atoms with Gasteiger partial charge in [0.05, 0.1) is 0 Å². The molecule has 1 aromatic rings. The van der Waals surface area contributed by atoms with Crippen LogP contribution in [0.2, 0.25) is 5.15 Å². The minimum Gasteiger partial charge on any atom is -0.347 e. The first-order valence-electron chi connectivity index (χ1n) is 6.06. The molecule has 4 heteroatoms. The van der Waals surface area contributed by atoms with Crippen molar-refractivity contribution < 1.29 is 0 Å². The lowest BCUT2D eigenvalue weighted by Gasteiger charge is -2.30. The van der Waals surface area contributed by atoms with Crippen molar-refractivity contribution in [2.45, 2.75) is 38.6 Å². The normalized spacial score (nSPS) is 16.1. The SMILES string of the molecule is C=C(C)CN(c1nccnc1Cl)C1CCCC1. The Labute approximate surface area is 108 Å². The smallest absolute Gasteiger partial charge is 0.171 e. The van der Waals surface area contributed by atoms with Gasteiger partial charge in [0.2, 0.25) is 0 Å². The third-order valence-electron chi connectivity index (χ3n) is 3.11. The quantitative estimate of drug-likeness (QED) is 0.768. The highest BCUT2D eigenvalue weighted by molar-refractivity contribution is 6.31. The van der Waals surface area contributed by atoms with Gasteiger partial charge in [0.1, 0.15) is 0 Å². The van der Waals surface area contributed by atoms with Gasteiger partial charge in [0.25, 0.3) is 0 Å². The molecule has 0 N–H and O–H groups in total. The third kappa shape index (κ3) is 2.97. The second-order valence-corrected chi connectivity index (χ2v) is 5.05. The van der Waals surface area contributed by atoms with E-state index >= 15 is 0 Å². The molecule has 1 aromatic heterocycles. The van der Waals surface area contributed by atoms with Crippen molar-refractivity contribution in [2.24, 2.45) is 0 Å². The Bertz CT molecular complexity index is 399. The van der Waals surface area contributed by atoms with Gasteiger partial charge in [-0.05, 0) is 19.8 Å². The van der Waals surface area contributed by atoms with E-state index in [0.29, 0.717) is 11.2 Å². The number of hydrogen-bond acceptors (Lipinski definition) is 3. The molecule has 17 heavy (non-hydrogen) atoms. The van der Waals surface area contributed by atoms with Gasteiger partial charge in [-0.2, -0.15) is 0 Å². The molecule has 1 aliphatic rings. The fraction of sp³-hybridized carbons (Fsp3) is 0.538. The van der Waals surface area contributed by atoms with Crippen LogP contribution in [0.4, 0.5) is 5.82 Å². The molecule has 1 saturated carbocycles. The van der Waals surface area contributed by atoms with Crippen molar-refractivity contribution in [1.82, 2.24) is 9.97 Å². The molecule has 1 fully saturated rings.